The van der Waals surface area contributed by atoms with E-state index in [9.17, 15) is 15.3 Å². The van der Waals surface area contributed by atoms with Crippen LogP contribution >= 0.6 is 0 Å². The normalized spacial score (nSPS) is 42.3. The molecule has 0 radical (unpaired) electrons. The summed E-state index contributed by atoms with van der Waals surface area (Å²) in [5.74, 6) is 0. The second kappa shape index (κ2) is 4.31. The minimum Gasteiger partial charge on any atom is -0.394 e. The molecule has 4 N–H and O–H groups in total. The summed E-state index contributed by atoms with van der Waals surface area (Å²) in [6.45, 7) is 0.658. The molecule has 1 aliphatic heterocycles. The van der Waals surface area contributed by atoms with Crippen LogP contribution in [0.2, 0.25) is 0 Å². The van der Waals surface area contributed by atoms with Crippen LogP contribution in [0.25, 0.3) is 10.4 Å². The van der Waals surface area contributed by atoms with Crippen molar-refractivity contribution < 1.29 is 25.2 Å². The third-order valence-electron chi connectivity index (χ3n) is 2.39. The highest BCUT2D eigenvalue weighted by atomic mass is 16.6. The number of aliphatic hydroxyl groups excluding tert-OH is 4. The smallest absolute Gasteiger partial charge is 0.173 e. The van der Waals surface area contributed by atoms with Crippen molar-refractivity contribution in [2.45, 2.75) is 37.1 Å². The van der Waals surface area contributed by atoms with Crippen LogP contribution < -0.4 is 0 Å². The van der Waals surface area contributed by atoms with Crippen LogP contribution in [0.5, 0.6) is 0 Å². The highest BCUT2D eigenvalue weighted by molar-refractivity contribution is 5.00. The fourth-order valence-electron chi connectivity index (χ4n) is 1.49. The van der Waals surface area contributed by atoms with Gasteiger partial charge in [-0.15, -0.1) is 0 Å². The van der Waals surface area contributed by atoms with Gasteiger partial charge < -0.3 is 25.2 Å². The quantitative estimate of drug-likeness (QED) is 0.259. The largest absolute Gasteiger partial charge is 0.394 e. The molecule has 0 saturated carbocycles. The van der Waals surface area contributed by atoms with Crippen molar-refractivity contribution in [1.82, 2.24) is 0 Å². The zero-order valence-electron chi connectivity index (χ0n) is 8.06. The van der Waals surface area contributed by atoms with Crippen molar-refractivity contribution in [3.05, 3.63) is 10.4 Å². The van der Waals surface area contributed by atoms with Gasteiger partial charge in [0.25, 0.3) is 0 Å². The van der Waals surface area contributed by atoms with Gasteiger partial charge in [-0.3, -0.25) is 0 Å². The van der Waals surface area contributed by atoms with E-state index in [1.165, 1.54) is 6.92 Å². The number of nitrogens with zero attached hydrogens (tertiary/aromatic N) is 3. The Morgan fingerprint density at radius 2 is 2.20 bits per heavy atom. The van der Waals surface area contributed by atoms with Gasteiger partial charge in [-0.05, 0) is 12.5 Å². The average Bonchev–Trinajstić information content (AvgIpc) is 2.43. The van der Waals surface area contributed by atoms with Crippen LogP contribution in [-0.4, -0.2) is 57.2 Å². The first kappa shape index (κ1) is 12.2. The third kappa shape index (κ3) is 2.05. The van der Waals surface area contributed by atoms with Crippen molar-refractivity contribution in [3.63, 3.8) is 0 Å². The first-order valence-electron chi connectivity index (χ1n) is 4.35. The van der Waals surface area contributed by atoms with E-state index in [1.54, 1.807) is 0 Å². The maximum absolute atomic E-state index is 9.53. The SMILES string of the molecule is C[C@@]1(N=[N+]=[N-])O[C@@H]([C@H](O)CO)[C@H](O)[C@H]1O. The van der Waals surface area contributed by atoms with E-state index < -0.39 is 36.7 Å². The number of azide groups is 1. The summed E-state index contributed by atoms with van der Waals surface area (Å²) in [6, 6.07) is 0. The molecule has 0 aromatic rings. The number of rotatable bonds is 3. The van der Waals surface area contributed by atoms with Crippen LogP contribution in [0.4, 0.5) is 0 Å². The Morgan fingerprint density at radius 3 is 2.67 bits per heavy atom. The van der Waals surface area contributed by atoms with Crippen molar-refractivity contribution >= 4 is 0 Å². The maximum atomic E-state index is 9.53. The molecule has 86 valence electrons. The van der Waals surface area contributed by atoms with Crippen LogP contribution in [0.1, 0.15) is 6.92 Å². The minimum atomic E-state index is -1.63. The minimum absolute atomic E-state index is 0.624. The van der Waals surface area contributed by atoms with Gasteiger partial charge in [-0.2, -0.15) is 0 Å². The second-order valence-electron chi connectivity index (χ2n) is 3.51. The predicted octanol–water partition coefficient (Wildman–Crippen LogP) is -1.51. The van der Waals surface area contributed by atoms with E-state index in [4.69, 9.17) is 15.4 Å². The lowest BCUT2D eigenvalue weighted by Gasteiger charge is -2.21. The molecule has 15 heavy (non-hydrogen) atoms. The summed E-state index contributed by atoms with van der Waals surface area (Å²) >= 11 is 0. The summed E-state index contributed by atoms with van der Waals surface area (Å²) in [4.78, 5) is 2.48. The van der Waals surface area contributed by atoms with Crippen molar-refractivity contribution in [3.8, 4) is 0 Å². The Labute approximate surface area is 85.3 Å². The van der Waals surface area contributed by atoms with Gasteiger partial charge in [0.15, 0.2) is 5.72 Å². The number of aliphatic hydroxyl groups is 4. The van der Waals surface area contributed by atoms with E-state index in [-0.39, 0.29) is 0 Å². The topological polar surface area (TPSA) is 139 Å². The Hall–Kier alpha value is -0.890. The summed E-state index contributed by atoms with van der Waals surface area (Å²) in [5.41, 5.74) is 6.62. The molecule has 1 rings (SSSR count). The highest BCUT2D eigenvalue weighted by Gasteiger charge is 2.52. The van der Waals surface area contributed by atoms with Crippen molar-refractivity contribution in [2.24, 2.45) is 5.11 Å². The standard InChI is InChI=1S/C7H13N3O5/c1-7(9-10-8)6(14)4(13)5(15-7)3(12)2-11/h3-6,11-14H,2H2,1H3/t3-,4+,5+,6-,7-/m1/s1. The Bertz CT molecular complexity index is 282. The van der Waals surface area contributed by atoms with Gasteiger partial charge in [0.2, 0.25) is 0 Å². The zero-order valence-corrected chi connectivity index (χ0v) is 8.06. The molecular formula is C7H13N3O5. The average molecular weight is 219 g/mol. The summed E-state index contributed by atoms with van der Waals surface area (Å²) in [5, 5.41) is 40.2. The maximum Gasteiger partial charge on any atom is 0.173 e. The lowest BCUT2D eigenvalue weighted by molar-refractivity contribution is -0.111. The zero-order chi connectivity index (χ0) is 11.6. The van der Waals surface area contributed by atoms with Gasteiger partial charge in [0, 0.05) is 4.91 Å². The monoisotopic (exact) mass is 219 g/mol. The first-order valence-corrected chi connectivity index (χ1v) is 4.35. The van der Waals surface area contributed by atoms with Crippen molar-refractivity contribution in [2.75, 3.05) is 6.61 Å². The molecule has 8 heteroatoms. The second-order valence-corrected chi connectivity index (χ2v) is 3.51. The van der Waals surface area contributed by atoms with E-state index >= 15 is 0 Å². The van der Waals surface area contributed by atoms with Crippen LogP contribution in [0.3, 0.4) is 0 Å². The van der Waals surface area contributed by atoms with Crippen LogP contribution in [0.15, 0.2) is 5.11 Å². The fraction of sp³-hybridized carbons (Fsp3) is 1.00. The van der Waals surface area contributed by atoms with Crippen LogP contribution in [0, 0.1) is 0 Å². The molecule has 0 aromatic carbocycles. The third-order valence-corrected chi connectivity index (χ3v) is 2.39. The number of hydrogen-bond donors (Lipinski definition) is 4. The van der Waals surface area contributed by atoms with E-state index in [2.05, 4.69) is 10.0 Å². The molecule has 1 heterocycles. The molecule has 1 saturated heterocycles. The first-order chi connectivity index (χ1) is 6.96. The molecule has 0 amide bonds. The highest BCUT2D eigenvalue weighted by Crippen LogP contribution is 2.33. The number of ether oxygens (including phenoxy) is 1. The molecule has 5 atom stereocenters. The molecule has 0 spiro atoms. The van der Waals surface area contributed by atoms with Gasteiger partial charge in [-0.1, -0.05) is 5.11 Å². The molecule has 0 aromatic heterocycles. The molecule has 1 fully saturated rings. The Kier molecular flexibility index (Phi) is 3.50. The van der Waals surface area contributed by atoms with E-state index in [1.807, 2.05) is 0 Å². The van der Waals surface area contributed by atoms with E-state index in [0.717, 1.165) is 0 Å². The van der Waals surface area contributed by atoms with Gasteiger partial charge >= 0.3 is 0 Å². The van der Waals surface area contributed by atoms with Gasteiger partial charge in [-0.25, -0.2) is 0 Å². The lowest BCUT2D eigenvalue weighted by Crippen LogP contribution is -2.41. The molecule has 0 unspecified atom stereocenters. The molecule has 8 nitrogen and oxygen atoms in total. The van der Waals surface area contributed by atoms with Gasteiger partial charge in [0.05, 0.1) is 6.61 Å². The summed E-state index contributed by atoms with van der Waals surface area (Å²) in [6.07, 6.45) is -5.38. The van der Waals surface area contributed by atoms with Crippen molar-refractivity contribution in [1.29, 1.82) is 0 Å². The molecular weight excluding hydrogens is 206 g/mol. The van der Waals surface area contributed by atoms with Gasteiger partial charge in [0.1, 0.15) is 24.4 Å². The Balaban J connectivity index is 2.88. The predicted molar refractivity (Wildman–Crippen MR) is 47.5 cm³/mol. The van der Waals surface area contributed by atoms with Crippen LogP contribution in [-0.2, 0) is 4.74 Å². The molecule has 1 aliphatic rings. The lowest BCUT2D eigenvalue weighted by atomic mass is 10.0. The molecule has 0 aliphatic carbocycles. The Morgan fingerprint density at radius 1 is 1.60 bits per heavy atom. The fourth-order valence-corrected chi connectivity index (χ4v) is 1.49. The summed E-state index contributed by atoms with van der Waals surface area (Å²) < 4.78 is 5.04. The van der Waals surface area contributed by atoms with E-state index in [0.29, 0.717) is 0 Å². The number of hydrogen-bond acceptors (Lipinski definition) is 6. The molecule has 0 bridgehead atoms. The summed E-state index contributed by atoms with van der Waals surface area (Å²) in [7, 11) is 0.